The van der Waals surface area contributed by atoms with E-state index in [9.17, 15) is 13.2 Å². The van der Waals surface area contributed by atoms with Gasteiger partial charge >= 0.3 is 0 Å². The molecule has 1 amide bonds. The Morgan fingerprint density at radius 2 is 1.85 bits per heavy atom. The van der Waals surface area contributed by atoms with Crippen LogP contribution in [0.1, 0.15) is 12.8 Å². The summed E-state index contributed by atoms with van der Waals surface area (Å²) in [6.07, 6.45) is 2.72. The zero-order valence-corrected chi connectivity index (χ0v) is 15.4. The third-order valence-corrected chi connectivity index (χ3v) is 6.83. The summed E-state index contributed by atoms with van der Waals surface area (Å²) in [7, 11) is -3.50. The lowest BCUT2D eigenvalue weighted by molar-refractivity contribution is -0.120. The molecule has 0 saturated carbocycles. The minimum Gasteiger partial charge on any atom is -0.326 e. The second-order valence-electron chi connectivity index (χ2n) is 6.65. The van der Waals surface area contributed by atoms with Crippen LogP contribution in [-0.4, -0.2) is 41.9 Å². The highest BCUT2D eigenvalue weighted by Crippen LogP contribution is 2.25. The Bertz CT molecular complexity index is 1050. The first-order valence-electron chi connectivity index (χ1n) is 8.83. The van der Waals surface area contributed by atoms with Crippen molar-refractivity contribution in [2.24, 2.45) is 5.92 Å². The average Bonchev–Trinajstić information content (AvgIpc) is 3.16. The summed E-state index contributed by atoms with van der Waals surface area (Å²) in [5, 5.41) is 10.7. The third kappa shape index (κ3) is 3.58. The van der Waals surface area contributed by atoms with Crippen molar-refractivity contribution in [3.63, 3.8) is 0 Å². The van der Waals surface area contributed by atoms with Gasteiger partial charge in [0.05, 0.1) is 16.6 Å². The second-order valence-corrected chi connectivity index (χ2v) is 8.59. The van der Waals surface area contributed by atoms with Crippen molar-refractivity contribution in [3.8, 4) is 0 Å². The lowest BCUT2D eigenvalue weighted by Gasteiger charge is -2.30. The van der Waals surface area contributed by atoms with Gasteiger partial charge in [-0.25, -0.2) is 8.42 Å². The molecule has 1 aliphatic heterocycles. The second kappa shape index (κ2) is 7.13. The zero-order valence-electron chi connectivity index (χ0n) is 14.6. The molecule has 0 atom stereocenters. The van der Waals surface area contributed by atoms with Gasteiger partial charge in [0.25, 0.3) is 0 Å². The topological polar surface area (TPSA) is 95.2 Å². The number of aromatic nitrogens is 2. The Morgan fingerprint density at radius 1 is 1.11 bits per heavy atom. The highest BCUT2D eigenvalue weighted by atomic mass is 32.2. The Hall–Kier alpha value is -2.71. The van der Waals surface area contributed by atoms with Crippen LogP contribution in [0.25, 0.3) is 10.9 Å². The summed E-state index contributed by atoms with van der Waals surface area (Å²) < 4.78 is 26.8. The molecule has 27 heavy (non-hydrogen) atoms. The monoisotopic (exact) mass is 384 g/mol. The van der Waals surface area contributed by atoms with Gasteiger partial charge < -0.3 is 5.32 Å². The Balaban J connectivity index is 1.39. The summed E-state index contributed by atoms with van der Waals surface area (Å²) in [6, 6.07) is 14.0. The fourth-order valence-electron chi connectivity index (χ4n) is 3.36. The average molecular weight is 384 g/mol. The van der Waals surface area contributed by atoms with E-state index in [0.717, 1.165) is 10.9 Å². The number of amides is 1. The van der Waals surface area contributed by atoms with E-state index in [-0.39, 0.29) is 11.8 Å². The number of aromatic amines is 1. The lowest BCUT2D eigenvalue weighted by Crippen LogP contribution is -2.41. The van der Waals surface area contributed by atoms with Crippen LogP contribution in [0.2, 0.25) is 0 Å². The van der Waals surface area contributed by atoms with Gasteiger partial charge in [-0.15, -0.1) is 0 Å². The number of carbonyl (C=O) groups is 1. The van der Waals surface area contributed by atoms with Crippen molar-refractivity contribution in [1.82, 2.24) is 14.5 Å². The number of fused-ring (bicyclic) bond motifs is 1. The molecule has 140 valence electrons. The van der Waals surface area contributed by atoms with E-state index < -0.39 is 10.0 Å². The van der Waals surface area contributed by atoms with Crippen LogP contribution >= 0.6 is 0 Å². The fraction of sp³-hybridized carbons (Fsp3) is 0.263. The van der Waals surface area contributed by atoms with E-state index >= 15 is 0 Å². The maximum Gasteiger partial charge on any atom is 0.243 e. The number of H-pyrrole nitrogens is 1. The first-order valence-corrected chi connectivity index (χ1v) is 10.3. The third-order valence-electron chi connectivity index (χ3n) is 4.91. The van der Waals surface area contributed by atoms with Crippen LogP contribution in [0.15, 0.2) is 59.6 Å². The molecule has 4 rings (SSSR count). The van der Waals surface area contributed by atoms with E-state index in [1.54, 1.807) is 36.5 Å². The molecule has 3 aromatic rings. The van der Waals surface area contributed by atoms with Crippen LogP contribution in [0.4, 0.5) is 5.69 Å². The molecular weight excluding hydrogens is 364 g/mol. The predicted molar refractivity (Wildman–Crippen MR) is 103 cm³/mol. The molecule has 2 heterocycles. The molecule has 1 fully saturated rings. The number of hydrogen-bond acceptors (Lipinski definition) is 4. The molecule has 1 aliphatic rings. The summed E-state index contributed by atoms with van der Waals surface area (Å²) in [5.74, 6) is -0.276. The molecule has 7 nitrogen and oxygen atoms in total. The lowest BCUT2D eigenvalue weighted by atomic mass is 9.97. The molecule has 2 aromatic carbocycles. The van der Waals surface area contributed by atoms with E-state index in [1.807, 2.05) is 18.2 Å². The maximum absolute atomic E-state index is 12.7. The number of piperidine rings is 1. The molecule has 1 aromatic heterocycles. The molecule has 0 bridgehead atoms. The summed E-state index contributed by atoms with van der Waals surface area (Å²) >= 11 is 0. The first-order chi connectivity index (χ1) is 13.0. The van der Waals surface area contributed by atoms with Crippen LogP contribution in [0.3, 0.4) is 0 Å². The minimum atomic E-state index is -3.50. The molecule has 8 heteroatoms. The van der Waals surface area contributed by atoms with Crippen molar-refractivity contribution < 1.29 is 13.2 Å². The summed E-state index contributed by atoms with van der Waals surface area (Å²) in [5.41, 5.74) is 1.63. The number of hydrogen-bond donors (Lipinski definition) is 2. The molecule has 0 unspecified atom stereocenters. The number of nitrogens with zero attached hydrogens (tertiary/aromatic N) is 2. The Morgan fingerprint density at radius 3 is 2.59 bits per heavy atom. The van der Waals surface area contributed by atoms with Gasteiger partial charge in [-0.1, -0.05) is 18.2 Å². The molecule has 0 spiro atoms. The summed E-state index contributed by atoms with van der Waals surface area (Å²) in [4.78, 5) is 12.9. The largest absolute Gasteiger partial charge is 0.326 e. The van der Waals surface area contributed by atoms with Crippen molar-refractivity contribution in [2.45, 2.75) is 17.7 Å². The maximum atomic E-state index is 12.7. The van der Waals surface area contributed by atoms with Crippen molar-refractivity contribution in [2.75, 3.05) is 18.4 Å². The van der Waals surface area contributed by atoms with Crippen molar-refractivity contribution >= 4 is 32.5 Å². The molecule has 0 aliphatic carbocycles. The smallest absolute Gasteiger partial charge is 0.243 e. The van der Waals surface area contributed by atoms with Gasteiger partial charge in [0, 0.05) is 30.1 Å². The summed E-state index contributed by atoms with van der Waals surface area (Å²) in [6.45, 7) is 0.687. The number of anilines is 1. The normalized spacial score (nSPS) is 16.4. The van der Waals surface area contributed by atoms with E-state index in [1.165, 1.54) is 4.31 Å². The standard InChI is InChI=1S/C19H20N4O3S/c24-19(21-16-6-7-18-15(12-16)13-20-22-18)14-8-10-23(11-9-14)27(25,26)17-4-2-1-3-5-17/h1-7,12-14H,8-11H2,(H,20,22)(H,21,24). The van der Waals surface area contributed by atoms with E-state index in [4.69, 9.17) is 0 Å². The molecule has 2 N–H and O–H groups in total. The molecule has 1 saturated heterocycles. The van der Waals surface area contributed by atoms with E-state index in [0.29, 0.717) is 36.5 Å². The van der Waals surface area contributed by atoms with Crippen molar-refractivity contribution in [3.05, 3.63) is 54.7 Å². The van der Waals surface area contributed by atoms with Gasteiger partial charge in [-0.05, 0) is 43.2 Å². The van der Waals surface area contributed by atoms with Crippen molar-refractivity contribution in [1.29, 1.82) is 0 Å². The highest BCUT2D eigenvalue weighted by molar-refractivity contribution is 7.89. The van der Waals surface area contributed by atoms with Gasteiger partial charge in [0.15, 0.2) is 0 Å². The molecule has 0 radical (unpaired) electrons. The minimum absolute atomic E-state index is 0.0744. The number of benzene rings is 2. The van der Waals surface area contributed by atoms with Crippen LogP contribution in [-0.2, 0) is 14.8 Å². The number of carbonyl (C=O) groups excluding carboxylic acids is 1. The van der Waals surface area contributed by atoms with Gasteiger partial charge in [-0.2, -0.15) is 9.40 Å². The van der Waals surface area contributed by atoms with E-state index in [2.05, 4.69) is 15.5 Å². The quantitative estimate of drug-likeness (QED) is 0.723. The number of rotatable bonds is 4. The van der Waals surface area contributed by atoms with Crippen LogP contribution < -0.4 is 5.32 Å². The van der Waals surface area contributed by atoms with Gasteiger partial charge in [-0.3, -0.25) is 9.89 Å². The molecular formula is C19H20N4O3S. The fourth-order valence-corrected chi connectivity index (χ4v) is 4.86. The van der Waals surface area contributed by atoms with Gasteiger partial charge in [0.1, 0.15) is 0 Å². The first kappa shape index (κ1) is 17.7. The van der Waals surface area contributed by atoms with Crippen LogP contribution in [0, 0.1) is 5.92 Å². The Kier molecular flexibility index (Phi) is 4.67. The highest BCUT2D eigenvalue weighted by Gasteiger charge is 2.32. The Labute approximate surface area is 157 Å². The number of nitrogens with one attached hydrogen (secondary N) is 2. The zero-order chi connectivity index (χ0) is 18.9. The number of sulfonamides is 1. The van der Waals surface area contributed by atoms with Gasteiger partial charge in [0.2, 0.25) is 15.9 Å². The van der Waals surface area contributed by atoms with Crippen LogP contribution in [0.5, 0.6) is 0 Å². The predicted octanol–water partition coefficient (Wildman–Crippen LogP) is 2.60. The SMILES string of the molecule is O=C(Nc1ccc2[nH]ncc2c1)C1CCN(S(=O)(=O)c2ccccc2)CC1.